The normalized spacial score (nSPS) is 11.8. The summed E-state index contributed by atoms with van der Waals surface area (Å²) >= 11 is 0. The topological polar surface area (TPSA) is 51.8 Å². The van der Waals surface area contributed by atoms with Gasteiger partial charge in [0.1, 0.15) is 11.2 Å². The Morgan fingerprint density at radius 2 is 0.925 bits per heavy atom. The van der Waals surface area contributed by atoms with E-state index in [-0.39, 0.29) is 0 Å². The Morgan fingerprint density at radius 3 is 1.77 bits per heavy atom. The predicted octanol–water partition coefficient (Wildman–Crippen LogP) is 13.1. The molecule has 53 heavy (non-hydrogen) atoms. The fourth-order valence-electron chi connectivity index (χ4n) is 7.89. The highest BCUT2D eigenvalue weighted by molar-refractivity contribution is 6.13. The van der Waals surface area contributed by atoms with E-state index in [1.54, 1.807) is 0 Å². The third-order valence-electron chi connectivity index (χ3n) is 10.5. The molecule has 0 aliphatic rings. The lowest BCUT2D eigenvalue weighted by Crippen LogP contribution is -2.01. The van der Waals surface area contributed by atoms with Gasteiger partial charge < -0.3 is 4.42 Å². The summed E-state index contributed by atoms with van der Waals surface area (Å²) in [7, 11) is 0. The molecular weight excluding hydrogens is 647 g/mol. The van der Waals surface area contributed by atoms with Crippen molar-refractivity contribution in [2.24, 2.45) is 0 Å². The minimum absolute atomic E-state index is 0.618. The Hall–Kier alpha value is -7.17. The van der Waals surface area contributed by atoms with Gasteiger partial charge in [0.25, 0.3) is 0 Å². The fourth-order valence-corrected chi connectivity index (χ4v) is 7.89. The molecule has 0 saturated carbocycles. The summed E-state index contributed by atoms with van der Waals surface area (Å²) in [6, 6.07) is 61.7. The molecule has 0 bridgehead atoms. The van der Waals surface area contributed by atoms with Gasteiger partial charge in [-0.15, -0.1) is 0 Å². The molecule has 4 heteroatoms. The zero-order valence-electron chi connectivity index (χ0n) is 28.5. The van der Waals surface area contributed by atoms with Crippen LogP contribution in [0, 0.1) is 0 Å². The Balaban J connectivity index is 1.13. The predicted molar refractivity (Wildman–Crippen MR) is 219 cm³/mol. The number of para-hydroxylation sites is 1. The number of hydrogen-bond acceptors (Lipinski definition) is 4. The zero-order valence-corrected chi connectivity index (χ0v) is 28.5. The van der Waals surface area contributed by atoms with E-state index < -0.39 is 0 Å². The Kier molecular flexibility index (Phi) is 6.52. The van der Waals surface area contributed by atoms with Gasteiger partial charge in [0, 0.05) is 27.5 Å². The SMILES string of the molecule is c1ccc(-c2cccc3cc(-c4nc(-c5ccc6cc7c(cc6c5)oc5ccccc57)nc(-c5cc6ccccc6c6ccccc56)n4)ccc23)cc1. The molecule has 2 aromatic heterocycles. The number of hydrogen-bond donors (Lipinski definition) is 0. The molecular formula is C49H29N3O. The summed E-state index contributed by atoms with van der Waals surface area (Å²) < 4.78 is 6.27. The third kappa shape index (κ3) is 4.88. The Labute approximate surface area is 304 Å². The van der Waals surface area contributed by atoms with Gasteiger partial charge in [-0.1, -0.05) is 140 Å². The largest absolute Gasteiger partial charge is 0.456 e. The minimum Gasteiger partial charge on any atom is -0.456 e. The number of rotatable bonds is 4. The van der Waals surface area contributed by atoms with E-state index in [1.807, 2.05) is 12.1 Å². The molecule has 11 aromatic rings. The second-order valence-corrected chi connectivity index (χ2v) is 13.6. The van der Waals surface area contributed by atoms with E-state index in [4.69, 9.17) is 19.4 Å². The van der Waals surface area contributed by atoms with Gasteiger partial charge in [0.2, 0.25) is 0 Å². The van der Waals surface area contributed by atoms with Crippen LogP contribution in [0.1, 0.15) is 0 Å². The second-order valence-electron chi connectivity index (χ2n) is 13.6. The van der Waals surface area contributed by atoms with Gasteiger partial charge >= 0.3 is 0 Å². The minimum atomic E-state index is 0.618. The van der Waals surface area contributed by atoms with E-state index in [2.05, 4.69) is 164 Å². The maximum atomic E-state index is 6.27. The molecule has 0 saturated heterocycles. The smallest absolute Gasteiger partial charge is 0.164 e. The maximum Gasteiger partial charge on any atom is 0.164 e. The molecule has 4 nitrogen and oxygen atoms in total. The molecule has 0 spiro atoms. The van der Waals surface area contributed by atoms with Crippen molar-refractivity contribution >= 4 is 65.0 Å². The molecule has 0 amide bonds. The average Bonchev–Trinajstić information content (AvgIpc) is 3.59. The van der Waals surface area contributed by atoms with Crippen LogP contribution >= 0.6 is 0 Å². The first kappa shape index (κ1) is 29.5. The molecule has 246 valence electrons. The summed E-state index contributed by atoms with van der Waals surface area (Å²) in [5.74, 6) is 1.88. The van der Waals surface area contributed by atoms with Crippen LogP contribution in [0.4, 0.5) is 0 Å². The van der Waals surface area contributed by atoms with Crippen LogP contribution in [0.3, 0.4) is 0 Å². The lowest BCUT2D eigenvalue weighted by atomic mass is 9.96. The van der Waals surface area contributed by atoms with Crippen LogP contribution in [0.5, 0.6) is 0 Å². The third-order valence-corrected chi connectivity index (χ3v) is 10.5. The first-order valence-electron chi connectivity index (χ1n) is 17.8. The molecule has 0 aliphatic heterocycles. The van der Waals surface area contributed by atoms with Gasteiger partial charge in [-0.3, -0.25) is 0 Å². The van der Waals surface area contributed by atoms with Gasteiger partial charge in [-0.2, -0.15) is 0 Å². The highest BCUT2D eigenvalue weighted by Crippen LogP contribution is 2.38. The quantitative estimate of drug-likeness (QED) is 0.174. The molecule has 0 unspecified atom stereocenters. The van der Waals surface area contributed by atoms with Crippen molar-refractivity contribution in [1.29, 1.82) is 0 Å². The first-order valence-corrected chi connectivity index (χ1v) is 17.8. The summed E-state index contributed by atoms with van der Waals surface area (Å²) in [5, 5.41) is 11.4. The first-order chi connectivity index (χ1) is 26.2. The highest BCUT2D eigenvalue weighted by atomic mass is 16.3. The van der Waals surface area contributed by atoms with Gasteiger partial charge in [-0.25, -0.2) is 15.0 Å². The molecule has 0 radical (unpaired) electrons. The summed E-state index contributed by atoms with van der Waals surface area (Å²) in [6.45, 7) is 0. The van der Waals surface area contributed by atoms with Crippen molar-refractivity contribution in [2.45, 2.75) is 0 Å². The van der Waals surface area contributed by atoms with Crippen LogP contribution in [0.15, 0.2) is 180 Å². The zero-order chi connectivity index (χ0) is 34.9. The second kappa shape index (κ2) is 11.7. The molecule has 0 aliphatic carbocycles. The molecule has 2 heterocycles. The van der Waals surface area contributed by atoms with Crippen LogP contribution < -0.4 is 0 Å². The lowest BCUT2D eigenvalue weighted by molar-refractivity contribution is 0.669. The summed E-state index contributed by atoms with van der Waals surface area (Å²) in [6.07, 6.45) is 0. The van der Waals surface area contributed by atoms with Crippen molar-refractivity contribution in [3.8, 4) is 45.3 Å². The van der Waals surface area contributed by atoms with Crippen LogP contribution in [-0.4, -0.2) is 15.0 Å². The van der Waals surface area contributed by atoms with Crippen LogP contribution in [0.25, 0.3) is 110 Å². The molecule has 0 fully saturated rings. The van der Waals surface area contributed by atoms with E-state index in [1.165, 1.54) is 27.3 Å². The molecule has 9 aromatic carbocycles. The maximum absolute atomic E-state index is 6.27. The number of furan rings is 1. The van der Waals surface area contributed by atoms with Gasteiger partial charge in [-0.05, 0) is 90.6 Å². The summed E-state index contributed by atoms with van der Waals surface area (Å²) in [4.78, 5) is 15.7. The molecule has 11 rings (SSSR count). The van der Waals surface area contributed by atoms with Crippen molar-refractivity contribution < 1.29 is 4.42 Å². The van der Waals surface area contributed by atoms with E-state index in [0.717, 1.165) is 65.6 Å². The molecule has 0 atom stereocenters. The van der Waals surface area contributed by atoms with Crippen molar-refractivity contribution in [3.63, 3.8) is 0 Å². The van der Waals surface area contributed by atoms with E-state index >= 15 is 0 Å². The van der Waals surface area contributed by atoms with Crippen molar-refractivity contribution in [1.82, 2.24) is 15.0 Å². The number of nitrogens with zero attached hydrogens (tertiary/aromatic N) is 3. The van der Waals surface area contributed by atoms with Crippen molar-refractivity contribution in [2.75, 3.05) is 0 Å². The van der Waals surface area contributed by atoms with Crippen molar-refractivity contribution in [3.05, 3.63) is 176 Å². The molecule has 0 N–H and O–H groups in total. The Morgan fingerprint density at radius 1 is 0.283 bits per heavy atom. The monoisotopic (exact) mass is 675 g/mol. The van der Waals surface area contributed by atoms with Gasteiger partial charge in [0.05, 0.1) is 0 Å². The standard InChI is InChI=1S/C49H29N3O/c1-2-11-30(12-3-1)37-19-10-14-32-25-35(23-24-39(32)37)48-50-47(34-22-21-31-27-43-42-18-8-9-20-45(42)53-46(43)29-36(31)26-34)51-49(52-48)44-28-33-13-4-5-15-38(33)40-16-6-7-17-41(40)44/h1-29H. The van der Waals surface area contributed by atoms with Gasteiger partial charge in [0.15, 0.2) is 17.5 Å². The number of benzene rings is 9. The van der Waals surface area contributed by atoms with Crippen LogP contribution in [0.2, 0.25) is 0 Å². The summed E-state index contributed by atoms with van der Waals surface area (Å²) in [5.41, 5.74) is 6.96. The van der Waals surface area contributed by atoms with Crippen LogP contribution in [-0.2, 0) is 0 Å². The average molecular weight is 676 g/mol. The Bertz CT molecular complexity index is 3240. The van der Waals surface area contributed by atoms with E-state index in [0.29, 0.717) is 17.5 Å². The highest BCUT2D eigenvalue weighted by Gasteiger charge is 2.17. The lowest BCUT2D eigenvalue weighted by Gasteiger charge is -2.13. The number of fused-ring (bicyclic) bond motifs is 8. The number of aromatic nitrogens is 3. The van der Waals surface area contributed by atoms with E-state index in [9.17, 15) is 0 Å². The fraction of sp³-hybridized carbons (Fsp3) is 0.